The monoisotopic (exact) mass is 667 g/mol. The van der Waals surface area contributed by atoms with Crippen molar-refractivity contribution in [2.24, 2.45) is 5.41 Å². The first-order valence-corrected chi connectivity index (χ1v) is 16.0. The molecule has 5 N–H and O–H groups in total. The zero-order valence-electron chi connectivity index (χ0n) is 27.2. The van der Waals surface area contributed by atoms with Gasteiger partial charge in [-0.05, 0) is 30.4 Å². The van der Waals surface area contributed by atoms with Crippen molar-refractivity contribution in [3.8, 4) is 0 Å². The molecule has 1 atom stereocenters. The van der Waals surface area contributed by atoms with Crippen molar-refractivity contribution in [2.75, 3.05) is 39.6 Å². The Morgan fingerprint density at radius 1 is 0.750 bits per heavy atom. The van der Waals surface area contributed by atoms with Gasteiger partial charge in [-0.2, -0.15) is 0 Å². The van der Waals surface area contributed by atoms with Gasteiger partial charge in [-0.25, -0.2) is 4.79 Å². The van der Waals surface area contributed by atoms with E-state index >= 15 is 0 Å². The molecule has 0 saturated heterocycles. The number of carbonyl (C=O) groups excluding carboxylic acids is 6. The molecule has 1 aliphatic carbocycles. The summed E-state index contributed by atoms with van der Waals surface area (Å²) >= 11 is 0. The molecule has 2 aromatic carbocycles. The molecule has 48 heavy (non-hydrogen) atoms. The van der Waals surface area contributed by atoms with E-state index in [1.807, 2.05) is 43.3 Å². The molecule has 1 fully saturated rings. The lowest BCUT2D eigenvalue weighted by Crippen LogP contribution is -2.52. The molecule has 3 rings (SSSR count). The summed E-state index contributed by atoms with van der Waals surface area (Å²) in [4.78, 5) is 74.5. The SMILES string of the molecule is CCCCOC(=O)NCC(=O)NCC(=O)N[C@@H](Cc1ccccc1)C(=O)NCC(=O)NCOCC1(C(=O)OCc2ccccc2)CCC1. The van der Waals surface area contributed by atoms with Gasteiger partial charge in [0.1, 0.15) is 25.9 Å². The molecule has 0 bridgehead atoms. The quantitative estimate of drug-likeness (QED) is 0.0791. The van der Waals surface area contributed by atoms with Crippen molar-refractivity contribution in [1.82, 2.24) is 26.6 Å². The summed E-state index contributed by atoms with van der Waals surface area (Å²) < 4.78 is 16.0. The number of esters is 1. The average Bonchev–Trinajstić information content (AvgIpc) is 3.07. The number of nitrogens with one attached hydrogen (secondary N) is 5. The molecule has 5 amide bonds. The fourth-order valence-corrected chi connectivity index (χ4v) is 4.68. The highest BCUT2D eigenvalue weighted by atomic mass is 16.5. The molecule has 0 radical (unpaired) electrons. The minimum absolute atomic E-state index is 0.0914. The second-order valence-corrected chi connectivity index (χ2v) is 11.4. The normalized spacial score (nSPS) is 13.5. The first kappa shape index (κ1) is 37.5. The maximum Gasteiger partial charge on any atom is 0.407 e. The Balaban J connectivity index is 1.39. The number of alkyl carbamates (subject to hydrolysis) is 1. The molecule has 14 nitrogen and oxygen atoms in total. The highest BCUT2D eigenvalue weighted by Crippen LogP contribution is 2.42. The van der Waals surface area contributed by atoms with Gasteiger partial charge in [-0.15, -0.1) is 0 Å². The molecular weight excluding hydrogens is 622 g/mol. The first-order chi connectivity index (χ1) is 23.2. The number of carbonyl (C=O) groups is 6. The largest absolute Gasteiger partial charge is 0.460 e. The zero-order chi connectivity index (χ0) is 34.6. The van der Waals surface area contributed by atoms with Gasteiger partial charge in [-0.3, -0.25) is 24.0 Å². The molecule has 1 aliphatic rings. The van der Waals surface area contributed by atoms with E-state index in [-0.39, 0.29) is 52.0 Å². The van der Waals surface area contributed by atoms with Crippen LogP contribution in [0.3, 0.4) is 0 Å². The maximum atomic E-state index is 13.0. The number of benzene rings is 2. The second kappa shape index (κ2) is 20.3. The van der Waals surface area contributed by atoms with Crippen LogP contribution in [0.15, 0.2) is 60.7 Å². The Morgan fingerprint density at radius 2 is 1.38 bits per heavy atom. The molecule has 1 saturated carbocycles. The van der Waals surface area contributed by atoms with Crippen LogP contribution in [0.5, 0.6) is 0 Å². The van der Waals surface area contributed by atoms with E-state index in [0.29, 0.717) is 19.3 Å². The van der Waals surface area contributed by atoms with Crippen LogP contribution < -0.4 is 26.6 Å². The smallest absolute Gasteiger partial charge is 0.407 e. The lowest BCUT2D eigenvalue weighted by atomic mass is 9.69. The summed E-state index contributed by atoms with van der Waals surface area (Å²) in [5.41, 5.74) is 0.906. The number of unbranched alkanes of at least 4 members (excludes halogenated alkanes) is 1. The van der Waals surface area contributed by atoms with Crippen LogP contribution in [0, 0.1) is 5.41 Å². The van der Waals surface area contributed by atoms with E-state index in [1.54, 1.807) is 24.3 Å². The lowest BCUT2D eigenvalue weighted by molar-refractivity contribution is -0.169. The van der Waals surface area contributed by atoms with Crippen LogP contribution in [0.25, 0.3) is 0 Å². The van der Waals surface area contributed by atoms with Crippen LogP contribution >= 0.6 is 0 Å². The van der Waals surface area contributed by atoms with Crippen LogP contribution in [-0.4, -0.2) is 81.3 Å². The molecule has 260 valence electrons. The third-order valence-corrected chi connectivity index (χ3v) is 7.63. The highest BCUT2D eigenvalue weighted by molar-refractivity contribution is 5.92. The Hall–Kier alpha value is -4.98. The van der Waals surface area contributed by atoms with Crippen molar-refractivity contribution in [1.29, 1.82) is 0 Å². The topological polar surface area (TPSA) is 190 Å². The van der Waals surface area contributed by atoms with E-state index in [1.165, 1.54) is 0 Å². The van der Waals surface area contributed by atoms with Crippen LogP contribution in [-0.2, 0) is 51.2 Å². The van der Waals surface area contributed by atoms with Crippen molar-refractivity contribution < 1.29 is 43.0 Å². The Morgan fingerprint density at radius 3 is 2.02 bits per heavy atom. The fraction of sp³-hybridized carbons (Fsp3) is 0.471. The van der Waals surface area contributed by atoms with Crippen molar-refractivity contribution >= 4 is 35.7 Å². The van der Waals surface area contributed by atoms with Gasteiger partial charge < -0.3 is 40.8 Å². The zero-order valence-corrected chi connectivity index (χ0v) is 27.2. The first-order valence-electron chi connectivity index (χ1n) is 16.0. The Labute approximate surface area is 280 Å². The number of hydrogen-bond donors (Lipinski definition) is 5. The third-order valence-electron chi connectivity index (χ3n) is 7.63. The predicted octanol–water partition coefficient (Wildman–Crippen LogP) is 1.48. The molecular formula is C34H45N5O9. The Bertz CT molecular complexity index is 1350. The predicted molar refractivity (Wildman–Crippen MR) is 174 cm³/mol. The maximum absolute atomic E-state index is 13.0. The number of amides is 5. The number of rotatable bonds is 20. The second-order valence-electron chi connectivity index (χ2n) is 11.4. The molecule has 0 heterocycles. The van der Waals surface area contributed by atoms with Crippen molar-refractivity contribution in [3.63, 3.8) is 0 Å². The van der Waals surface area contributed by atoms with Crippen molar-refractivity contribution in [2.45, 2.75) is 58.1 Å². The van der Waals surface area contributed by atoms with E-state index in [4.69, 9.17) is 14.2 Å². The molecule has 0 spiro atoms. The summed E-state index contributed by atoms with van der Waals surface area (Å²) in [6.45, 7) is 1.07. The van der Waals surface area contributed by atoms with Crippen molar-refractivity contribution in [3.05, 3.63) is 71.8 Å². The standard InChI is InChI=1S/C34H45N5O9/c1-2-3-17-47-33(45)37-20-28(40)35-21-30(42)39-27(18-25-11-6-4-7-12-25)31(43)36-19-29(41)38-24-46-23-34(15-10-16-34)32(44)48-22-26-13-8-5-9-14-26/h4-9,11-14,27H,2-3,10,15-24H2,1H3,(H,35,40)(H,36,43)(H,37,45)(H,38,41)(H,39,42)/t27-/m0/s1. The van der Waals surface area contributed by atoms with Gasteiger partial charge >= 0.3 is 12.1 Å². The minimum Gasteiger partial charge on any atom is -0.460 e. The van der Waals surface area contributed by atoms with Crippen LogP contribution in [0.2, 0.25) is 0 Å². The Kier molecular flexibility index (Phi) is 15.8. The lowest BCUT2D eigenvalue weighted by Gasteiger charge is -2.38. The third kappa shape index (κ3) is 13.4. The fourth-order valence-electron chi connectivity index (χ4n) is 4.68. The molecule has 0 unspecified atom stereocenters. The molecule has 0 aromatic heterocycles. The highest BCUT2D eigenvalue weighted by Gasteiger charge is 2.46. The van der Waals surface area contributed by atoms with Gasteiger partial charge in [0, 0.05) is 6.42 Å². The minimum atomic E-state index is -1.05. The summed E-state index contributed by atoms with van der Waals surface area (Å²) in [6.07, 6.45) is 3.09. The van der Waals surface area contributed by atoms with E-state index in [0.717, 1.165) is 24.0 Å². The molecule has 0 aliphatic heterocycles. The van der Waals surface area contributed by atoms with Crippen LogP contribution in [0.4, 0.5) is 4.79 Å². The van der Waals surface area contributed by atoms with Gasteiger partial charge in [-0.1, -0.05) is 80.4 Å². The van der Waals surface area contributed by atoms with E-state index in [2.05, 4.69) is 26.6 Å². The summed E-state index contributed by atoms with van der Waals surface area (Å²) in [5, 5.41) is 12.3. The van der Waals surface area contributed by atoms with Crippen LogP contribution in [0.1, 0.15) is 50.2 Å². The van der Waals surface area contributed by atoms with Gasteiger partial charge in [0.15, 0.2) is 0 Å². The molecule has 14 heteroatoms. The van der Waals surface area contributed by atoms with E-state index < -0.39 is 47.7 Å². The molecule has 2 aromatic rings. The summed E-state index contributed by atoms with van der Waals surface area (Å²) in [7, 11) is 0. The van der Waals surface area contributed by atoms with Gasteiger partial charge in [0.05, 0.1) is 31.7 Å². The summed E-state index contributed by atoms with van der Waals surface area (Å²) in [5.74, 6) is -2.74. The average molecular weight is 668 g/mol. The number of hydrogen-bond acceptors (Lipinski definition) is 9. The number of ether oxygens (including phenoxy) is 3. The van der Waals surface area contributed by atoms with Gasteiger partial charge in [0.2, 0.25) is 23.6 Å². The summed E-state index contributed by atoms with van der Waals surface area (Å²) in [6, 6.07) is 17.3. The van der Waals surface area contributed by atoms with E-state index in [9.17, 15) is 28.8 Å². The van der Waals surface area contributed by atoms with Gasteiger partial charge in [0.25, 0.3) is 0 Å².